The van der Waals surface area contributed by atoms with E-state index in [4.69, 9.17) is 0 Å². The molecule has 3 nitrogen and oxygen atoms in total. The Morgan fingerprint density at radius 3 is 2.44 bits per heavy atom. The van der Waals surface area contributed by atoms with Crippen LogP contribution >= 0.6 is 0 Å². The molecular weight excluding hydrogens is 204 g/mol. The van der Waals surface area contributed by atoms with Crippen LogP contribution in [0.15, 0.2) is 0 Å². The van der Waals surface area contributed by atoms with Crippen molar-refractivity contribution in [3.63, 3.8) is 0 Å². The number of carboxylic acids is 1. The summed E-state index contributed by atoms with van der Waals surface area (Å²) in [5.74, 6) is -0.438. The first-order chi connectivity index (χ1) is 7.36. The average Bonchev–Trinajstić information content (AvgIpc) is 2.10. The molecule has 0 saturated heterocycles. The zero-order valence-electron chi connectivity index (χ0n) is 10.1. The van der Waals surface area contributed by atoms with Gasteiger partial charge in [0.1, 0.15) is 5.78 Å². The maximum atomic E-state index is 11.4. The lowest BCUT2D eigenvalue weighted by molar-refractivity contribution is -0.168. The molecule has 2 fully saturated rings. The third-order valence-electron chi connectivity index (χ3n) is 4.44. The van der Waals surface area contributed by atoms with Gasteiger partial charge in [-0.2, -0.15) is 0 Å². The van der Waals surface area contributed by atoms with Crippen molar-refractivity contribution in [1.29, 1.82) is 0 Å². The van der Waals surface area contributed by atoms with Gasteiger partial charge < -0.3 is 5.11 Å². The molecule has 0 amide bonds. The van der Waals surface area contributed by atoms with E-state index in [1.807, 2.05) is 0 Å². The Bertz CT molecular complexity index is 322. The van der Waals surface area contributed by atoms with E-state index in [2.05, 4.69) is 13.8 Å². The topological polar surface area (TPSA) is 54.4 Å². The average molecular weight is 224 g/mol. The number of carbonyl (C=O) groups is 2. The number of aliphatic carboxylic acids is 1. The third-order valence-corrected chi connectivity index (χ3v) is 4.44. The lowest BCUT2D eigenvalue weighted by Crippen LogP contribution is -2.51. The van der Waals surface area contributed by atoms with Crippen LogP contribution in [0.2, 0.25) is 0 Å². The van der Waals surface area contributed by atoms with Gasteiger partial charge in [0.15, 0.2) is 0 Å². The summed E-state index contributed by atoms with van der Waals surface area (Å²) in [5.41, 5.74) is -0.473. The molecule has 1 N–H and O–H groups in total. The molecule has 3 heteroatoms. The smallest absolute Gasteiger partial charge is 0.310 e. The van der Waals surface area contributed by atoms with Crippen LogP contribution < -0.4 is 0 Å². The molecule has 2 rings (SSSR count). The van der Waals surface area contributed by atoms with Crippen LogP contribution in [-0.4, -0.2) is 16.9 Å². The first-order valence-electron chi connectivity index (χ1n) is 6.11. The van der Waals surface area contributed by atoms with Gasteiger partial charge in [0.25, 0.3) is 0 Å². The van der Waals surface area contributed by atoms with Crippen LogP contribution in [0.1, 0.15) is 52.4 Å². The predicted molar refractivity (Wildman–Crippen MR) is 60.0 cm³/mol. The van der Waals surface area contributed by atoms with Crippen molar-refractivity contribution in [2.45, 2.75) is 52.4 Å². The molecule has 0 bridgehead atoms. The molecule has 1 unspecified atom stereocenters. The van der Waals surface area contributed by atoms with E-state index >= 15 is 0 Å². The monoisotopic (exact) mass is 224 g/mol. The molecule has 0 aromatic carbocycles. The van der Waals surface area contributed by atoms with Crippen molar-refractivity contribution in [2.24, 2.45) is 16.7 Å². The van der Waals surface area contributed by atoms with Gasteiger partial charge in [0.05, 0.1) is 5.41 Å². The van der Waals surface area contributed by atoms with Gasteiger partial charge in [0.2, 0.25) is 0 Å². The largest absolute Gasteiger partial charge is 0.481 e. The van der Waals surface area contributed by atoms with E-state index in [0.717, 1.165) is 19.3 Å². The van der Waals surface area contributed by atoms with Crippen molar-refractivity contribution in [3.05, 3.63) is 0 Å². The lowest BCUT2D eigenvalue weighted by Gasteiger charge is -2.48. The lowest BCUT2D eigenvalue weighted by atomic mass is 9.54. The molecule has 2 aliphatic rings. The second-order valence-corrected chi connectivity index (χ2v) is 6.31. The van der Waals surface area contributed by atoms with E-state index in [9.17, 15) is 14.7 Å². The number of carbonyl (C=O) groups excluding carboxylic acids is 1. The van der Waals surface area contributed by atoms with Gasteiger partial charge in [-0.15, -0.1) is 0 Å². The number of hydrogen-bond donors (Lipinski definition) is 1. The predicted octanol–water partition coefficient (Wildman–Crippen LogP) is 2.64. The van der Waals surface area contributed by atoms with Gasteiger partial charge in [-0.1, -0.05) is 20.3 Å². The van der Waals surface area contributed by atoms with Crippen molar-refractivity contribution in [3.8, 4) is 0 Å². The zero-order chi connectivity index (χ0) is 12.0. The van der Waals surface area contributed by atoms with Crippen molar-refractivity contribution in [2.75, 3.05) is 0 Å². The first kappa shape index (κ1) is 11.6. The number of ketones is 1. The summed E-state index contributed by atoms with van der Waals surface area (Å²) in [5, 5.41) is 9.37. The minimum Gasteiger partial charge on any atom is -0.481 e. The third kappa shape index (κ3) is 1.76. The zero-order valence-corrected chi connectivity index (χ0v) is 10.1. The van der Waals surface area contributed by atoms with Gasteiger partial charge in [-0.05, 0) is 30.6 Å². The second kappa shape index (κ2) is 3.57. The summed E-state index contributed by atoms with van der Waals surface area (Å²) in [6.45, 7) is 4.41. The van der Waals surface area contributed by atoms with Crippen LogP contribution in [0.25, 0.3) is 0 Å². The first-order valence-corrected chi connectivity index (χ1v) is 6.11. The van der Waals surface area contributed by atoms with Gasteiger partial charge in [-0.25, -0.2) is 0 Å². The highest BCUT2D eigenvalue weighted by Crippen LogP contribution is 2.53. The molecule has 0 aromatic heterocycles. The highest BCUT2D eigenvalue weighted by Gasteiger charge is 2.56. The van der Waals surface area contributed by atoms with Gasteiger partial charge in [0, 0.05) is 12.8 Å². The summed E-state index contributed by atoms with van der Waals surface area (Å²) in [7, 11) is 0. The van der Waals surface area contributed by atoms with Crippen molar-refractivity contribution in [1.82, 2.24) is 0 Å². The summed E-state index contributed by atoms with van der Waals surface area (Å²) in [4.78, 5) is 22.6. The van der Waals surface area contributed by atoms with Gasteiger partial charge in [-0.3, -0.25) is 9.59 Å². The normalized spacial score (nSPS) is 31.9. The SMILES string of the molecule is CC1(C)CCCC(C2(C(=O)O)CC(=O)C2)C1. The highest BCUT2D eigenvalue weighted by atomic mass is 16.4. The quantitative estimate of drug-likeness (QED) is 0.784. The fraction of sp³-hybridized carbons (Fsp3) is 0.846. The number of Topliss-reactive ketones (excluding diaryl/α,β-unsaturated/α-hetero) is 1. The fourth-order valence-electron chi connectivity index (χ4n) is 3.44. The molecule has 16 heavy (non-hydrogen) atoms. The van der Waals surface area contributed by atoms with E-state index in [0.29, 0.717) is 0 Å². The molecule has 0 radical (unpaired) electrons. The molecule has 0 heterocycles. The molecule has 2 aliphatic carbocycles. The summed E-state index contributed by atoms with van der Waals surface area (Å²) in [6.07, 6.45) is 4.73. The standard InChI is InChI=1S/C13H20O3/c1-12(2)5-3-4-9(6-12)13(11(15)16)7-10(14)8-13/h9H,3-8H2,1-2H3,(H,15,16). The minimum absolute atomic E-state index is 0.116. The van der Waals surface area contributed by atoms with Crippen LogP contribution in [-0.2, 0) is 9.59 Å². The van der Waals surface area contributed by atoms with E-state index < -0.39 is 11.4 Å². The van der Waals surface area contributed by atoms with Crippen LogP contribution in [0.5, 0.6) is 0 Å². The van der Waals surface area contributed by atoms with Crippen LogP contribution in [0, 0.1) is 16.7 Å². The number of carboxylic acid groups (broad SMARTS) is 1. The van der Waals surface area contributed by atoms with Crippen LogP contribution in [0.4, 0.5) is 0 Å². The maximum Gasteiger partial charge on any atom is 0.310 e. The molecule has 1 atom stereocenters. The second-order valence-electron chi connectivity index (χ2n) is 6.31. The van der Waals surface area contributed by atoms with Crippen molar-refractivity contribution < 1.29 is 14.7 Å². The molecule has 0 aliphatic heterocycles. The molecule has 2 saturated carbocycles. The number of hydrogen-bond acceptors (Lipinski definition) is 2. The van der Waals surface area contributed by atoms with Gasteiger partial charge >= 0.3 is 5.97 Å². The molecule has 0 spiro atoms. The number of rotatable bonds is 2. The van der Waals surface area contributed by atoms with Crippen molar-refractivity contribution >= 4 is 11.8 Å². The fourth-order valence-corrected chi connectivity index (χ4v) is 3.44. The summed E-state index contributed by atoms with van der Waals surface area (Å²) in [6, 6.07) is 0. The highest BCUT2D eigenvalue weighted by molar-refractivity contribution is 5.97. The van der Waals surface area contributed by atoms with E-state index in [-0.39, 0.29) is 30.0 Å². The summed E-state index contributed by atoms with van der Waals surface area (Å²) >= 11 is 0. The Labute approximate surface area is 96.2 Å². The Hall–Kier alpha value is -0.860. The maximum absolute atomic E-state index is 11.4. The Morgan fingerprint density at radius 1 is 1.38 bits per heavy atom. The molecule has 0 aromatic rings. The Balaban J connectivity index is 2.16. The van der Waals surface area contributed by atoms with Crippen LogP contribution in [0.3, 0.4) is 0 Å². The Kier molecular flexibility index (Phi) is 2.59. The Morgan fingerprint density at radius 2 is 2.00 bits per heavy atom. The molecular formula is C13H20O3. The van der Waals surface area contributed by atoms with E-state index in [1.54, 1.807) is 0 Å². The molecule has 90 valence electrons. The minimum atomic E-state index is -0.755. The van der Waals surface area contributed by atoms with E-state index in [1.165, 1.54) is 6.42 Å². The summed E-state index contributed by atoms with van der Waals surface area (Å²) < 4.78 is 0.